The highest BCUT2D eigenvalue weighted by molar-refractivity contribution is 5.75. The Hall–Kier alpha value is -1.59. The van der Waals surface area contributed by atoms with Crippen LogP contribution in [-0.4, -0.2) is 55.0 Å². The third-order valence-corrected chi connectivity index (χ3v) is 3.64. The van der Waals surface area contributed by atoms with Crippen LogP contribution in [0.1, 0.15) is 12.0 Å². The van der Waals surface area contributed by atoms with Crippen LogP contribution in [0.5, 0.6) is 0 Å². The first-order valence-corrected chi connectivity index (χ1v) is 7.28. The zero-order chi connectivity index (χ0) is 14.2. The van der Waals surface area contributed by atoms with E-state index in [1.54, 1.807) is 0 Å². The van der Waals surface area contributed by atoms with E-state index in [1.807, 2.05) is 0 Å². The largest absolute Gasteiger partial charge is 0.370 e. The number of aliphatic imine (C=N–C) groups is 1. The molecule has 1 aromatic carbocycles. The van der Waals surface area contributed by atoms with Gasteiger partial charge >= 0.3 is 0 Å². The molecule has 1 aromatic rings. The van der Waals surface area contributed by atoms with Gasteiger partial charge in [-0.1, -0.05) is 30.3 Å². The number of piperazine rings is 1. The minimum Gasteiger partial charge on any atom is -0.370 e. The molecule has 1 aliphatic rings. The lowest BCUT2D eigenvalue weighted by Gasteiger charge is -2.34. The molecule has 1 saturated heterocycles. The molecule has 0 unspecified atom stereocenters. The van der Waals surface area contributed by atoms with E-state index in [0.29, 0.717) is 0 Å². The Morgan fingerprint density at radius 1 is 1.00 bits per heavy atom. The molecular weight excluding hydrogens is 250 g/mol. The first-order valence-electron chi connectivity index (χ1n) is 7.28. The monoisotopic (exact) mass is 275 g/mol. The number of rotatable bonds is 6. The first kappa shape index (κ1) is 14.8. The fourth-order valence-corrected chi connectivity index (χ4v) is 2.52. The van der Waals surface area contributed by atoms with Gasteiger partial charge in [0.2, 0.25) is 0 Å². The van der Waals surface area contributed by atoms with Crippen molar-refractivity contribution in [1.82, 2.24) is 9.80 Å². The molecule has 0 aromatic heterocycles. The molecule has 0 saturated carbocycles. The summed E-state index contributed by atoms with van der Waals surface area (Å²) in [5.74, 6) is 0.192. The minimum absolute atomic E-state index is 0.192. The fraction of sp³-hybridized carbons (Fsp3) is 0.533. The van der Waals surface area contributed by atoms with Crippen LogP contribution in [0.3, 0.4) is 0 Å². The Morgan fingerprint density at radius 2 is 1.65 bits per heavy atom. The van der Waals surface area contributed by atoms with Crippen molar-refractivity contribution in [3.63, 3.8) is 0 Å². The molecular formula is C15H25N5. The van der Waals surface area contributed by atoms with Crippen molar-refractivity contribution in [2.24, 2.45) is 16.5 Å². The van der Waals surface area contributed by atoms with Crippen LogP contribution in [0.15, 0.2) is 35.3 Å². The maximum Gasteiger partial charge on any atom is 0.185 e. The van der Waals surface area contributed by atoms with Gasteiger partial charge in [-0.3, -0.25) is 9.89 Å². The third kappa shape index (κ3) is 5.19. The lowest BCUT2D eigenvalue weighted by Crippen LogP contribution is -2.46. The topological polar surface area (TPSA) is 70.9 Å². The van der Waals surface area contributed by atoms with Crippen molar-refractivity contribution in [1.29, 1.82) is 0 Å². The van der Waals surface area contributed by atoms with Crippen molar-refractivity contribution >= 4 is 5.96 Å². The summed E-state index contributed by atoms with van der Waals surface area (Å²) < 4.78 is 0. The highest BCUT2D eigenvalue weighted by atomic mass is 15.3. The zero-order valence-corrected chi connectivity index (χ0v) is 12.0. The van der Waals surface area contributed by atoms with E-state index in [1.165, 1.54) is 5.56 Å². The smallest absolute Gasteiger partial charge is 0.185 e. The van der Waals surface area contributed by atoms with Crippen LogP contribution >= 0.6 is 0 Å². The van der Waals surface area contributed by atoms with Gasteiger partial charge in [-0.05, 0) is 12.0 Å². The highest BCUT2D eigenvalue weighted by Gasteiger charge is 2.16. The molecule has 0 bridgehead atoms. The van der Waals surface area contributed by atoms with Gasteiger partial charge in [0.1, 0.15) is 0 Å². The number of nitrogens with zero attached hydrogens (tertiary/aromatic N) is 3. The molecule has 0 radical (unpaired) electrons. The summed E-state index contributed by atoms with van der Waals surface area (Å²) in [6.07, 6.45) is 1.02. The van der Waals surface area contributed by atoms with Crippen molar-refractivity contribution in [3.05, 3.63) is 35.9 Å². The molecule has 4 N–H and O–H groups in total. The lowest BCUT2D eigenvalue weighted by atomic mass is 10.2. The maximum atomic E-state index is 5.31. The molecule has 110 valence electrons. The predicted molar refractivity (Wildman–Crippen MR) is 83.5 cm³/mol. The lowest BCUT2D eigenvalue weighted by molar-refractivity contribution is 0.127. The number of benzene rings is 1. The summed E-state index contributed by atoms with van der Waals surface area (Å²) in [6.45, 7) is 7.41. The molecule has 1 fully saturated rings. The maximum absolute atomic E-state index is 5.31. The zero-order valence-electron chi connectivity index (χ0n) is 12.0. The Bertz CT molecular complexity index is 406. The average molecular weight is 275 g/mol. The fourth-order valence-electron chi connectivity index (χ4n) is 2.52. The Labute approximate surface area is 121 Å². The van der Waals surface area contributed by atoms with Gasteiger partial charge in [0.05, 0.1) is 0 Å². The number of hydrogen-bond acceptors (Lipinski definition) is 3. The van der Waals surface area contributed by atoms with E-state index >= 15 is 0 Å². The van der Waals surface area contributed by atoms with Gasteiger partial charge in [-0.25, -0.2) is 0 Å². The van der Waals surface area contributed by atoms with E-state index < -0.39 is 0 Å². The van der Waals surface area contributed by atoms with E-state index in [9.17, 15) is 0 Å². The molecule has 5 heteroatoms. The van der Waals surface area contributed by atoms with Crippen LogP contribution in [0.4, 0.5) is 0 Å². The number of guanidine groups is 1. The second-order valence-corrected chi connectivity index (χ2v) is 5.26. The normalized spacial score (nSPS) is 17.0. The summed E-state index contributed by atoms with van der Waals surface area (Å²) in [5, 5.41) is 0. The Kier molecular flexibility index (Phi) is 5.83. The molecule has 2 rings (SSSR count). The van der Waals surface area contributed by atoms with Crippen molar-refractivity contribution in [3.8, 4) is 0 Å². The van der Waals surface area contributed by atoms with Crippen molar-refractivity contribution in [2.45, 2.75) is 13.0 Å². The number of nitrogens with two attached hydrogens (primary N) is 2. The standard InChI is InChI=1S/C15H25N5/c16-15(17)18-7-4-8-19-9-11-20(12-10-19)13-14-5-2-1-3-6-14/h1-3,5-6H,4,7-13H2,(H4,16,17,18). The first-order chi connectivity index (χ1) is 9.74. The van der Waals surface area contributed by atoms with Crippen LogP contribution in [0.2, 0.25) is 0 Å². The van der Waals surface area contributed by atoms with Crippen LogP contribution in [0, 0.1) is 0 Å². The summed E-state index contributed by atoms with van der Waals surface area (Å²) in [6, 6.07) is 10.7. The van der Waals surface area contributed by atoms with Crippen molar-refractivity contribution in [2.75, 3.05) is 39.3 Å². The molecule has 20 heavy (non-hydrogen) atoms. The van der Waals surface area contributed by atoms with Crippen LogP contribution in [-0.2, 0) is 6.54 Å². The van der Waals surface area contributed by atoms with E-state index in [0.717, 1.165) is 52.2 Å². The minimum atomic E-state index is 0.192. The molecule has 0 amide bonds. The van der Waals surface area contributed by atoms with Gasteiger partial charge in [0, 0.05) is 45.8 Å². The van der Waals surface area contributed by atoms with Gasteiger partial charge < -0.3 is 16.4 Å². The molecule has 0 spiro atoms. The number of hydrogen-bond donors (Lipinski definition) is 2. The SMILES string of the molecule is NC(N)=NCCCN1CCN(Cc2ccccc2)CC1. The van der Waals surface area contributed by atoms with Crippen molar-refractivity contribution < 1.29 is 0 Å². The summed E-state index contributed by atoms with van der Waals surface area (Å²) in [5.41, 5.74) is 12.0. The molecule has 1 heterocycles. The Balaban J connectivity index is 1.64. The van der Waals surface area contributed by atoms with E-state index in [2.05, 4.69) is 45.1 Å². The van der Waals surface area contributed by atoms with Crippen LogP contribution in [0.25, 0.3) is 0 Å². The predicted octanol–water partition coefficient (Wildman–Crippen LogP) is 0.468. The summed E-state index contributed by atoms with van der Waals surface area (Å²) >= 11 is 0. The van der Waals surface area contributed by atoms with Gasteiger partial charge in [-0.2, -0.15) is 0 Å². The van der Waals surface area contributed by atoms with Gasteiger partial charge in [0.25, 0.3) is 0 Å². The average Bonchev–Trinajstić information content (AvgIpc) is 2.46. The second kappa shape index (κ2) is 7.87. The second-order valence-electron chi connectivity index (χ2n) is 5.26. The Morgan fingerprint density at radius 3 is 2.30 bits per heavy atom. The summed E-state index contributed by atoms with van der Waals surface area (Å²) in [7, 11) is 0. The third-order valence-electron chi connectivity index (χ3n) is 3.64. The molecule has 5 nitrogen and oxygen atoms in total. The quantitative estimate of drug-likeness (QED) is 0.450. The van der Waals surface area contributed by atoms with Crippen LogP contribution < -0.4 is 11.5 Å². The van der Waals surface area contributed by atoms with Gasteiger partial charge in [0.15, 0.2) is 5.96 Å². The van der Waals surface area contributed by atoms with E-state index in [4.69, 9.17) is 11.5 Å². The molecule has 0 aliphatic carbocycles. The molecule has 1 aliphatic heterocycles. The summed E-state index contributed by atoms with van der Waals surface area (Å²) in [4.78, 5) is 9.02. The van der Waals surface area contributed by atoms with E-state index in [-0.39, 0.29) is 5.96 Å². The highest BCUT2D eigenvalue weighted by Crippen LogP contribution is 2.08. The molecule has 0 atom stereocenters. The van der Waals surface area contributed by atoms with Gasteiger partial charge in [-0.15, -0.1) is 0 Å².